The van der Waals surface area contributed by atoms with E-state index in [1.807, 2.05) is 12.1 Å². The first-order valence-corrected chi connectivity index (χ1v) is 4.93. The molecule has 0 saturated carbocycles. The van der Waals surface area contributed by atoms with Gasteiger partial charge in [0.1, 0.15) is 5.75 Å². The van der Waals surface area contributed by atoms with E-state index in [9.17, 15) is 4.79 Å². The van der Waals surface area contributed by atoms with Gasteiger partial charge in [0.15, 0.2) is 6.10 Å². The highest BCUT2D eigenvalue weighted by molar-refractivity contribution is 9.10. The molecule has 0 aliphatic carbocycles. The molecule has 14 heavy (non-hydrogen) atoms. The van der Waals surface area contributed by atoms with Gasteiger partial charge in [-0.05, 0) is 31.2 Å². The minimum atomic E-state index is -0.582. The number of hydrogen-bond donors (Lipinski definition) is 0. The molecule has 1 aromatic carbocycles. The van der Waals surface area contributed by atoms with Crippen molar-refractivity contribution >= 4 is 21.9 Å². The van der Waals surface area contributed by atoms with E-state index in [4.69, 9.17) is 4.74 Å². The Morgan fingerprint density at radius 1 is 1.36 bits per heavy atom. The van der Waals surface area contributed by atoms with Gasteiger partial charge in [-0.15, -0.1) is 0 Å². The molecule has 0 aliphatic heterocycles. The number of rotatable bonds is 3. The topological polar surface area (TPSA) is 35.5 Å². The Labute approximate surface area is 91.1 Å². The Bertz CT molecular complexity index is 308. The SMILES string of the molecule is COC(=O)C(C)Oc1ccc(Br)cc1. The Hall–Kier alpha value is -1.03. The van der Waals surface area contributed by atoms with E-state index < -0.39 is 6.10 Å². The van der Waals surface area contributed by atoms with Crippen LogP contribution in [0.2, 0.25) is 0 Å². The van der Waals surface area contributed by atoms with Crippen LogP contribution in [0.25, 0.3) is 0 Å². The first-order valence-electron chi connectivity index (χ1n) is 4.13. The molecule has 0 aromatic heterocycles. The fourth-order valence-corrected chi connectivity index (χ4v) is 1.20. The number of halogens is 1. The van der Waals surface area contributed by atoms with Crippen molar-refractivity contribution in [3.63, 3.8) is 0 Å². The monoisotopic (exact) mass is 258 g/mol. The normalized spacial score (nSPS) is 11.9. The van der Waals surface area contributed by atoms with Gasteiger partial charge in [0.05, 0.1) is 7.11 Å². The lowest BCUT2D eigenvalue weighted by molar-refractivity contribution is -0.147. The average molecular weight is 259 g/mol. The van der Waals surface area contributed by atoms with Gasteiger partial charge in [-0.2, -0.15) is 0 Å². The van der Waals surface area contributed by atoms with E-state index in [2.05, 4.69) is 20.7 Å². The van der Waals surface area contributed by atoms with Gasteiger partial charge in [0.2, 0.25) is 0 Å². The first-order chi connectivity index (χ1) is 6.63. The summed E-state index contributed by atoms with van der Waals surface area (Å²) in [7, 11) is 1.34. The Balaban J connectivity index is 2.60. The molecule has 0 saturated heterocycles. The van der Waals surface area contributed by atoms with E-state index >= 15 is 0 Å². The average Bonchev–Trinajstić information content (AvgIpc) is 2.20. The zero-order valence-electron chi connectivity index (χ0n) is 7.99. The maximum atomic E-state index is 11.0. The zero-order chi connectivity index (χ0) is 10.6. The highest BCUT2D eigenvalue weighted by atomic mass is 79.9. The largest absolute Gasteiger partial charge is 0.479 e. The molecule has 1 unspecified atom stereocenters. The van der Waals surface area contributed by atoms with Gasteiger partial charge in [-0.25, -0.2) is 4.79 Å². The summed E-state index contributed by atoms with van der Waals surface area (Å²) in [5.41, 5.74) is 0. The maximum absolute atomic E-state index is 11.0. The second kappa shape index (κ2) is 5.00. The molecule has 0 spiro atoms. The molecule has 76 valence electrons. The van der Waals surface area contributed by atoms with Crippen LogP contribution in [0.5, 0.6) is 5.75 Å². The molecule has 0 bridgehead atoms. The van der Waals surface area contributed by atoms with Crippen LogP contribution in [0, 0.1) is 0 Å². The fourth-order valence-electron chi connectivity index (χ4n) is 0.931. The van der Waals surface area contributed by atoms with Crippen LogP contribution in [0.4, 0.5) is 0 Å². The standard InChI is InChI=1S/C10H11BrO3/c1-7(10(12)13-2)14-9-5-3-8(11)4-6-9/h3-7H,1-2H3. The Morgan fingerprint density at radius 2 is 1.93 bits per heavy atom. The Kier molecular flexibility index (Phi) is 3.95. The van der Waals surface area contributed by atoms with E-state index in [1.165, 1.54) is 7.11 Å². The van der Waals surface area contributed by atoms with Crippen molar-refractivity contribution in [1.82, 2.24) is 0 Å². The summed E-state index contributed by atoms with van der Waals surface area (Å²) in [6.45, 7) is 1.65. The van der Waals surface area contributed by atoms with Gasteiger partial charge < -0.3 is 9.47 Å². The lowest BCUT2D eigenvalue weighted by Crippen LogP contribution is -2.24. The summed E-state index contributed by atoms with van der Waals surface area (Å²) >= 11 is 3.31. The van der Waals surface area contributed by atoms with E-state index in [0.717, 1.165) is 4.47 Å². The summed E-state index contributed by atoms with van der Waals surface area (Å²) in [6.07, 6.45) is -0.582. The molecular weight excluding hydrogens is 248 g/mol. The van der Waals surface area contributed by atoms with Crippen molar-refractivity contribution in [2.24, 2.45) is 0 Å². The maximum Gasteiger partial charge on any atom is 0.346 e. The van der Waals surface area contributed by atoms with Crippen LogP contribution in [-0.2, 0) is 9.53 Å². The molecule has 0 aliphatic rings. The third-order valence-electron chi connectivity index (χ3n) is 1.66. The number of carbonyl (C=O) groups is 1. The molecule has 1 rings (SSSR count). The lowest BCUT2D eigenvalue weighted by atomic mass is 10.3. The number of methoxy groups -OCH3 is 1. The van der Waals surface area contributed by atoms with E-state index in [1.54, 1.807) is 19.1 Å². The molecule has 1 atom stereocenters. The molecule has 0 radical (unpaired) electrons. The smallest absolute Gasteiger partial charge is 0.346 e. The van der Waals surface area contributed by atoms with E-state index in [-0.39, 0.29) is 5.97 Å². The van der Waals surface area contributed by atoms with Gasteiger partial charge in [-0.3, -0.25) is 0 Å². The number of esters is 1. The minimum Gasteiger partial charge on any atom is -0.479 e. The highest BCUT2D eigenvalue weighted by Gasteiger charge is 2.14. The van der Waals surface area contributed by atoms with E-state index in [0.29, 0.717) is 5.75 Å². The molecule has 0 amide bonds. The summed E-state index contributed by atoms with van der Waals surface area (Å²) < 4.78 is 10.8. The molecule has 0 heterocycles. The molecule has 0 fully saturated rings. The van der Waals surface area contributed by atoms with Gasteiger partial charge in [-0.1, -0.05) is 15.9 Å². The van der Waals surface area contributed by atoms with Crippen LogP contribution in [-0.4, -0.2) is 19.2 Å². The summed E-state index contributed by atoms with van der Waals surface area (Å²) in [5.74, 6) is 0.263. The summed E-state index contributed by atoms with van der Waals surface area (Å²) in [5, 5.41) is 0. The summed E-state index contributed by atoms with van der Waals surface area (Å²) in [4.78, 5) is 11.0. The molecule has 1 aromatic rings. The van der Waals surface area contributed by atoms with Crippen molar-refractivity contribution in [1.29, 1.82) is 0 Å². The third kappa shape index (κ3) is 3.03. The highest BCUT2D eigenvalue weighted by Crippen LogP contribution is 2.17. The van der Waals surface area contributed by atoms with Crippen molar-refractivity contribution < 1.29 is 14.3 Å². The molecule has 4 heteroatoms. The van der Waals surface area contributed by atoms with Gasteiger partial charge in [0, 0.05) is 4.47 Å². The van der Waals surface area contributed by atoms with Gasteiger partial charge >= 0.3 is 5.97 Å². The zero-order valence-corrected chi connectivity index (χ0v) is 9.58. The molecule has 3 nitrogen and oxygen atoms in total. The number of ether oxygens (including phenoxy) is 2. The van der Waals surface area contributed by atoms with Crippen LogP contribution in [0.1, 0.15) is 6.92 Å². The van der Waals surface area contributed by atoms with Crippen molar-refractivity contribution in [2.45, 2.75) is 13.0 Å². The van der Waals surface area contributed by atoms with Crippen LogP contribution >= 0.6 is 15.9 Å². The lowest BCUT2D eigenvalue weighted by Gasteiger charge is -2.11. The number of benzene rings is 1. The van der Waals surface area contributed by atoms with Gasteiger partial charge in [0.25, 0.3) is 0 Å². The molecule has 0 N–H and O–H groups in total. The quantitative estimate of drug-likeness (QED) is 0.782. The Morgan fingerprint density at radius 3 is 2.43 bits per heavy atom. The number of carbonyl (C=O) groups excluding carboxylic acids is 1. The van der Waals surface area contributed by atoms with Crippen LogP contribution < -0.4 is 4.74 Å². The fraction of sp³-hybridized carbons (Fsp3) is 0.300. The van der Waals surface area contributed by atoms with Crippen molar-refractivity contribution in [3.05, 3.63) is 28.7 Å². The minimum absolute atomic E-state index is 0.382. The van der Waals surface area contributed by atoms with Crippen molar-refractivity contribution in [2.75, 3.05) is 7.11 Å². The van der Waals surface area contributed by atoms with Crippen molar-refractivity contribution in [3.8, 4) is 5.75 Å². The second-order valence-corrected chi connectivity index (χ2v) is 3.65. The first kappa shape index (κ1) is 11.0. The second-order valence-electron chi connectivity index (χ2n) is 2.74. The van der Waals surface area contributed by atoms with Crippen LogP contribution in [0.3, 0.4) is 0 Å². The third-order valence-corrected chi connectivity index (χ3v) is 2.19. The predicted molar refractivity (Wildman–Crippen MR) is 56.2 cm³/mol. The van der Waals surface area contributed by atoms with Crippen LogP contribution in [0.15, 0.2) is 28.7 Å². The molecular formula is C10H11BrO3. The number of hydrogen-bond acceptors (Lipinski definition) is 3. The predicted octanol–water partition coefficient (Wildman–Crippen LogP) is 2.39. The summed E-state index contributed by atoms with van der Waals surface area (Å²) in [6, 6.07) is 7.26.